The molecule has 2 amide bonds. The van der Waals surface area contributed by atoms with Gasteiger partial charge in [0.15, 0.2) is 0 Å². The molecule has 1 atom stereocenters. The summed E-state index contributed by atoms with van der Waals surface area (Å²) >= 11 is 0. The van der Waals surface area contributed by atoms with Crippen LogP contribution in [0.2, 0.25) is 0 Å². The summed E-state index contributed by atoms with van der Waals surface area (Å²) in [4.78, 5) is 44.9. The van der Waals surface area contributed by atoms with E-state index in [0.717, 1.165) is 5.56 Å². The Morgan fingerprint density at radius 2 is 1.83 bits per heavy atom. The maximum Gasteiger partial charge on any atom is 0.267 e. The van der Waals surface area contributed by atoms with Crippen molar-refractivity contribution in [3.63, 3.8) is 0 Å². The lowest BCUT2D eigenvalue weighted by atomic mass is 10.1. The van der Waals surface area contributed by atoms with E-state index in [2.05, 4.69) is 10.1 Å². The summed E-state index contributed by atoms with van der Waals surface area (Å²) in [6.07, 6.45) is 0.265. The van der Waals surface area contributed by atoms with Gasteiger partial charge in [0.05, 0.1) is 18.3 Å². The van der Waals surface area contributed by atoms with Crippen LogP contribution in [0, 0.1) is 12.7 Å². The number of aryl methyl sites for hydroxylation is 1. The lowest BCUT2D eigenvalue weighted by molar-refractivity contribution is -0.118. The molecule has 4 rings (SSSR count). The number of benzene rings is 2. The highest BCUT2D eigenvalue weighted by molar-refractivity contribution is 5.94. The first-order valence-corrected chi connectivity index (χ1v) is 11.6. The molecule has 2 heterocycles. The van der Waals surface area contributed by atoms with E-state index in [9.17, 15) is 18.8 Å². The molecule has 2 aromatic heterocycles. The number of primary amides is 1. The summed E-state index contributed by atoms with van der Waals surface area (Å²) in [6.45, 7) is 3.69. The molecule has 0 bridgehead atoms. The molecular formula is C26H26FN5O4. The average Bonchev–Trinajstić information content (AvgIpc) is 3.24. The van der Waals surface area contributed by atoms with Crippen molar-refractivity contribution in [2.24, 2.45) is 5.73 Å². The van der Waals surface area contributed by atoms with Crippen LogP contribution in [-0.2, 0) is 11.3 Å². The number of hydrogen-bond donors (Lipinski definition) is 1. The number of carbonyl (C=O) groups excluding carboxylic acids is 2. The van der Waals surface area contributed by atoms with Gasteiger partial charge in [-0.15, -0.1) is 0 Å². The fraction of sp³-hybridized carbons (Fsp3) is 0.269. The number of amides is 2. The first-order valence-electron chi connectivity index (χ1n) is 11.6. The summed E-state index contributed by atoms with van der Waals surface area (Å²) in [5, 5.41) is 4.16. The third-order valence-electron chi connectivity index (χ3n) is 5.99. The largest absolute Gasteiger partial charge is 0.370 e. The molecule has 36 heavy (non-hydrogen) atoms. The maximum atomic E-state index is 13.6. The van der Waals surface area contributed by atoms with Gasteiger partial charge in [-0.1, -0.05) is 42.4 Å². The Bertz CT molecular complexity index is 1450. The zero-order valence-electron chi connectivity index (χ0n) is 20.0. The summed E-state index contributed by atoms with van der Waals surface area (Å²) in [5.41, 5.74) is 6.62. The van der Waals surface area contributed by atoms with Crippen LogP contribution >= 0.6 is 0 Å². The van der Waals surface area contributed by atoms with E-state index in [1.54, 1.807) is 6.92 Å². The van der Waals surface area contributed by atoms with Crippen molar-refractivity contribution in [1.29, 1.82) is 0 Å². The van der Waals surface area contributed by atoms with Crippen LogP contribution in [-0.4, -0.2) is 38.0 Å². The van der Waals surface area contributed by atoms with Crippen molar-refractivity contribution >= 4 is 22.9 Å². The second kappa shape index (κ2) is 10.5. The van der Waals surface area contributed by atoms with Crippen molar-refractivity contribution in [2.75, 3.05) is 6.54 Å². The van der Waals surface area contributed by atoms with Gasteiger partial charge < -0.3 is 15.2 Å². The van der Waals surface area contributed by atoms with Crippen LogP contribution in [0.15, 0.2) is 63.9 Å². The molecule has 10 heteroatoms. The molecule has 0 aliphatic rings. The highest BCUT2D eigenvalue weighted by atomic mass is 19.1. The molecule has 0 saturated heterocycles. The summed E-state index contributed by atoms with van der Waals surface area (Å²) < 4.78 is 20.3. The first kappa shape index (κ1) is 24.8. The molecule has 0 aliphatic heterocycles. The van der Waals surface area contributed by atoms with Crippen LogP contribution in [0.4, 0.5) is 4.39 Å². The van der Waals surface area contributed by atoms with Crippen LogP contribution in [0.3, 0.4) is 0 Å². The van der Waals surface area contributed by atoms with Gasteiger partial charge in [-0.3, -0.25) is 19.0 Å². The monoisotopic (exact) mass is 491 g/mol. The molecule has 2 N–H and O–H groups in total. The first-order chi connectivity index (χ1) is 17.3. The minimum Gasteiger partial charge on any atom is -0.370 e. The molecule has 1 unspecified atom stereocenters. The third kappa shape index (κ3) is 5.02. The van der Waals surface area contributed by atoms with E-state index in [1.165, 1.54) is 33.7 Å². The topological polar surface area (TPSA) is 124 Å². The smallest absolute Gasteiger partial charge is 0.267 e. The predicted molar refractivity (Wildman–Crippen MR) is 131 cm³/mol. The number of halogens is 1. The maximum absolute atomic E-state index is 13.6. The second-order valence-corrected chi connectivity index (χ2v) is 8.44. The van der Waals surface area contributed by atoms with E-state index in [1.807, 2.05) is 37.3 Å². The van der Waals surface area contributed by atoms with E-state index in [4.69, 9.17) is 10.3 Å². The van der Waals surface area contributed by atoms with Crippen LogP contribution in [0.25, 0.3) is 11.1 Å². The van der Waals surface area contributed by atoms with E-state index < -0.39 is 23.7 Å². The van der Waals surface area contributed by atoms with Crippen molar-refractivity contribution in [3.05, 3.63) is 93.4 Å². The number of nitrogens with two attached hydrogens (primary N) is 1. The third-order valence-corrected chi connectivity index (χ3v) is 5.99. The van der Waals surface area contributed by atoms with Gasteiger partial charge in [0.2, 0.25) is 5.91 Å². The fourth-order valence-corrected chi connectivity index (χ4v) is 4.19. The van der Waals surface area contributed by atoms with E-state index >= 15 is 0 Å². The number of rotatable bonds is 9. The highest BCUT2D eigenvalue weighted by Crippen LogP contribution is 2.27. The van der Waals surface area contributed by atoms with E-state index in [-0.39, 0.29) is 47.6 Å². The molecular weight excluding hydrogens is 465 g/mol. The SMILES string of the molecule is CCC(c1nc2onc(C)c2c(=O)n1Cc1ccccc1)N(CCC(N)=O)C(=O)c1ccc(F)cc1. The zero-order chi connectivity index (χ0) is 25.8. The summed E-state index contributed by atoms with van der Waals surface area (Å²) in [5.74, 6) is -1.23. The Labute approximate surface area is 206 Å². The fourth-order valence-electron chi connectivity index (χ4n) is 4.19. The number of fused-ring (bicyclic) bond motifs is 1. The van der Waals surface area contributed by atoms with Gasteiger partial charge in [0, 0.05) is 18.5 Å². The molecule has 4 aromatic rings. The van der Waals surface area contributed by atoms with Gasteiger partial charge in [-0.05, 0) is 43.2 Å². The molecule has 0 radical (unpaired) electrons. The number of aromatic nitrogens is 3. The molecule has 0 spiro atoms. The molecule has 0 aliphatic carbocycles. The predicted octanol–water partition coefficient (Wildman–Crippen LogP) is 3.35. The van der Waals surface area contributed by atoms with Crippen molar-refractivity contribution in [3.8, 4) is 0 Å². The van der Waals surface area contributed by atoms with Crippen molar-refractivity contribution < 1.29 is 18.5 Å². The molecule has 0 fully saturated rings. The van der Waals surface area contributed by atoms with Crippen LogP contribution in [0.1, 0.15) is 53.2 Å². The summed E-state index contributed by atoms with van der Waals surface area (Å²) in [7, 11) is 0. The number of nitrogens with zero attached hydrogens (tertiary/aromatic N) is 4. The van der Waals surface area contributed by atoms with Crippen molar-refractivity contribution in [1.82, 2.24) is 19.6 Å². The minimum absolute atomic E-state index is 0.0152. The number of hydrogen-bond acceptors (Lipinski definition) is 6. The van der Waals surface area contributed by atoms with Gasteiger partial charge in [0.1, 0.15) is 17.0 Å². The zero-order valence-corrected chi connectivity index (χ0v) is 20.0. The lowest BCUT2D eigenvalue weighted by Gasteiger charge is -2.32. The lowest BCUT2D eigenvalue weighted by Crippen LogP contribution is -2.40. The minimum atomic E-state index is -0.715. The van der Waals surface area contributed by atoms with Gasteiger partial charge in [0.25, 0.3) is 17.2 Å². The standard InChI is InChI=1S/C26H26FN5O4/c1-3-20(31(14-13-21(28)33)25(34)18-9-11-19(27)12-10-18)23-29-24-22(16(2)30-36-24)26(35)32(23)15-17-7-5-4-6-8-17/h4-12,20H,3,13-15H2,1-2H3,(H2,28,33). The molecule has 0 saturated carbocycles. The van der Waals surface area contributed by atoms with Gasteiger partial charge >= 0.3 is 0 Å². The Kier molecular flexibility index (Phi) is 7.23. The Morgan fingerprint density at radius 1 is 1.14 bits per heavy atom. The molecule has 9 nitrogen and oxygen atoms in total. The number of carbonyl (C=O) groups is 2. The van der Waals surface area contributed by atoms with Gasteiger partial charge in [-0.25, -0.2) is 4.39 Å². The Morgan fingerprint density at radius 3 is 2.47 bits per heavy atom. The Balaban J connectivity index is 1.87. The van der Waals surface area contributed by atoms with Crippen LogP contribution in [0.5, 0.6) is 0 Å². The average molecular weight is 492 g/mol. The second-order valence-electron chi connectivity index (χ2n) is 8.44. The summed E-state index contributed by atoms with van der Waals surface area (Å²) in [6, 6.07) is 13.8. The highest BCUT2D eigenvalue weighted by Gasteiger charge is 2.30. The van der Waals surface area contributed by atoms with Gasteiger partial charge in [-0.2, -0.15) is 4.98 Å². The van der Waals surface area contributed by atoms with Crippen LogP contribution < -0.4 is 11.3 Å². The molecule has 2 aromatic carbocycles. The normalized spacial score (nSPS) is 12.0. The Hall–Kier alpha value is -4.34. The van der Waals surface area contributed by atoms with Crippen molar-refractivity contribution in [2.45, 2.75) is 39.3 Å². The molecule has 186 valence electrons. The quantitative estimate of drug-likeness (QED) is 0.383. The van der Waals surface area contributed by atoms with E-state index in [0.29, 0.717) is 12.1 Å².